The minimum absolute atomic E-state index is 0.00250. The minimum Gasteiger partial charge on any atom is -0.491 e. The highest BCUT2D eigenvalue weighted by molar-refractivity contribution is 6.31. The number of fused-ring (bicyclic) bond motifs is 1. The van der Waals surface area contributed by atoms with E-state index < -0.39 is 6.10 Å². The highest BCUT2D eigenvalue weighted by atomic mass is 35.5. The Kier molecular flexibility index (Phi) is 5.96. The Labute approximate surface area is 165 Å². The van der Waals surface area contributed by atoms with E-state index in [1.54, 1.807) is 4.90 Å². The van der Waals surface area contributed by atoms with E-state index in [0.29, 0.717) is 23.7 Å². The Morgan fingerprint density at radius 1 is 1.30 bits per heavy atom. The molecule has 2 unspecified atom stereocenters. The number of nitrogens with zero attached hydrogens (tertiary/aromatic N) is 2. The largest absolute Gasteiger partial charge is 0.491 e. The number of urea groups is 1. The molecule has 2 fully saturated rings. The van der Waals surface area contributed by atoms with Crippen molar-refractivity contribution in [1.82, 2.24) is 9.80 Å². The summed E-state index contributed by atoms with van der Waals surface area (Å²) in [5, 5.41) is 11.1. The number of hydrogen-bond donors (Lipinski definition) is 1. The van der Waals surface area contributed by atoms with E-state index in [4.69, 9.17) is 16.3 Å². The number of hydrogen-bond acceptors (Lipinski definition) is 4. The number of β-amino-alcohol motifs (C(OH)–C–C–N with tert-alkyl or cyclic N) is 1. The molecule has 0 aromatic heterocycles. The standard InChI is InChI=1S/C20H27ClN2O4/c1-12(2)15-9-16(21)13(3)8-18(15)27-11-14(24)10-23-19(25)17-6-4-5-7-22(17)20(23)26/h8-9,12,14,17,24H,4-7,10-11H2,1-3H3. The van der Waals surface area contributed by atoms with Crippen LogP contribution in [0.5, 0.6) is 5.75 Å². The number of halogens is 1. The summed E-state index contributed by atoms with van der Waals surface area (Å²) < 4.78 is 5.82. The van der Waals surface area contributed by atoms with E-state index in [2.05, 4.69) is 0 Å². The van der Waals surface area contributed by atoms with Gasteiger partial charge in [0.1, 0.15) is 24.5 Å². The minimum atomic E-state index is -0.949. The van der Waals surface area contributed by atoms with Gasteiger partial charge in [-0.2, -0.15) is 0 Å². The summed E-state index contributed by atoms with van der Waals surface area (Å²) in [6.45, 7) is 6.55. The Hall–Kier alpha value is -1.79. The van der Waals surface area contributed by atoms with Gasteiger partial charge < -0.3 is 14.7 Å². The van der Waals surface area contributed by atoms with Crippen molar-refractivity contribution in [2.24, 2.45) is 0 Å². The molecular weight excluding hydrogens is 368 g/mol. The second kappa shape index (κ2) is 8.07. The molecule has 3 rings (SSSR count). The zero-order valence-electron chi connectivity index (χ0n) is 16.1. The zero-order valence-corrected chi connectivity index (χ0v) is 16.8. The van der Waals surface area contributed by atoms with Crippen LogP contribution < -0.4 is 4.74 Å². The van der Waals surface area contributed by atoms with Crippen molar-refractivity contribution in [3.8, 4) is 5.75 Å². The van der Waals surface area contributed by atoms with Crippen LogP contribution in [-0.4, -0.2) is 58.7 Å². The zero-order chi connectivity index (χ0) is 19.7. The van der Waals surface area contributed by atoms with Crippen LogP contribution in [0.3, 0.4) is 0 Å². The van der Waals surface area contributed by atoms with Gasteiger partial charge in [0.15, 0.2) is 0 Å². The molecule has 0 radical (unpaired) electrons. The molecule has 7 heteroatoms. The molecule has 6 nitrogen and oxygen atoms in total. The molecule has 2 aliphatic heterocycles. The first kappa shape index (κ1) is 20.0. The summed E-state index contributed by atoms with van der Waals surface area (Å²) in [7, 11) is 0. The molecule has 3 amide bonds. The molecule has 1 aromatic rings. The molecule has 1 aromatic carbocycles. The summed E-state index contributed by atoms with van der Waals surface area (Å²) in [5.74, 6) is 0.680. The van der Waals surface area contributed by atoms with Crippen molar-refractivity contribution >= 4 is 23.5 Å². The first-order valence-electron chi connectivity index (χ1n) is 9.52. The van der Waals surface area contributed by atoms with Crippen LogP contribution >= 0.6 is 11.6 Å². The molecule has 1 N–H and O–H groups in total. The van der Waals surface area contributed by atoms with E-state index in [1.807, 2.05) is 32.9 Å². The van der Waals surface area contributed by atoms with Crippen LogP contribution in [0.1, 0.15) is 50.2 Å². The Morgan fingerprint density at radius 3 is 2.70 bits per heavy atom. The normalized spacial score (nSPS) is 21.0. The predicted octanol–water partition coefficient (Wildman–Crippen LogP) is 3.33. The molecule has 27 heavy (non-hydrogen) atoms. The van der Waals surface area contributed by atoms with Gasteiger partial charge >= 0.3 is 6.03 Å². The van der Waals surface area contributed by atoms with Crippen molar-refractivity contribution in [3.63, 3.8) is 0 Å². The predicted molar refractivity (Wildman–Crippen MR) is 103 cm³/mol. The van der Waals surface area contributed by atoms with Crippen LogP contribution in [0.15, 0.2) is 12.1 Å². The number of amides is 3. The average molecular weight is 395 g/mol. The van der Waals surface area contributed by atoms with Gasteiger partial charge in [-0.25, -0.2) is 4.79 Å². The third kappa shape index (κ3) is 4.06. The van der Waals surface area contributed by atoms with Gasteiger partial charge in [0, 0.05) is 11.6 Å². The molecule has 0 spiro atoms. The fourth-order valence-electron chi connectivity index (χ4n) is 3.71. The lowest BCUT2D eigenvalue weighted by atomic mass is 10.0. The highest BCUT2D eigenvalue weighted by Crippen LogP contribution is 2.32. The van der Waals surface area contributed by atoms with Crippen molar-refractivity contribution in [3.05, 3.63) is 28.3 Å². The Morgan fingerprint density at radius 2 is 2.04 bits per heavy atom. The fourth-order valence-corrected chi connectivity index (χ4v) is 3.88. The topological polar surface area (TPSA) is 70.1 Å². The molecule has 2 aliphatic rings. The number of aliphatic hydroxyl groups excluding tert-OH is 1. The van der Waals surface area contributed by atoms with Gasteiger partial charge in [0.25, 0.3) is 5.91 Å². The van der Waals surface area contributed by atoms with Crippen molar-refractivity contribution in [1.29, 1.82) is 0 Å². The number of piperidine rings is 1. The number of benzene rings is 1. The van der Waals surface area contributed by atoms with E-state index in [1.165, 1.54) is 4.90 Å². The Balaban J connectivity index is 1.63. The van der Waals surface area contributed by atoms with E-state index >= 15 is 0 Å². The summed E-state index contributed by atoms with van der Waals surface area (Å²) in [6, 6.07) is 3.09. The van der Waals surface area contributed by atoms with Crippen LogP contribution in [0.25, 0.3) is 0 Å². The van der Waals surface area contributed by atoms with Crippen LogP contribution in [0.2, 0.25) is 5.02 Å². The number of aliphatic hydroxyl groups is 1. The van der Waals surface area contributed by atoms with Gasteiger partial charge in [-0.05, 0) is 55.4 Å². The van der Waals surface area contributed by atoms with E-state index in [-0.39, 0.29) is 37.0 Å². The smallest absolute Gasteiger partial charge is 0.327 e. The molecule has 2 heterocycles. The lowest BCUT2D eigenvalue weighted by Gasteiger charge is -2.26. The third-order valence-electron chi connectivity index (χ3n) is 5.27. The van der Waals surface area contributed by atoms with Gasteiger partial charge in [0.2, 0.25) is 0 Å². The maximum atomic E-state index is 12.5. The quantitative estimate of drug-likeness (QED) is 0.751. The molecule has 2 atom stereocenters. The lowest BCUT2D eigenvalue weighted by molar-refractivity contribution is -0.129. The molecule has 0 bridgehead atoms. The number of carbonyl (C=O) groups is 2. The number of carbonyl (C=O) groups excluding carboxylic acids is 2. The maximum absolute atomic E-state index is 12.5. The monoisotopic (exact) mass is 394 g/mol. The van der Waals surface area contributed by atoms with Crippen LogP contribution in [-0.2, 0) is 4.79 Å². The van der Waals surface area contributed by atoms with Crippen molar-refractivity contribution < 1.29 is 19.4 Å². The van der Waals surface area contributed by atoms with E-state index in [9.17, 15) is 14.7 Å². The number of rotatable bonds is 6. The van der Waals surface area contributed by atoms with E-state index in [0.717, 1.165) is 24.0 Å². The molecule has 0 saturated carbocycles. The van der Waals surface area contributed by atoms with Gasteiger partial charge in [0.05, 0.1) is 6.54 Å². The molecular formula is C20H27ClN2O4. The number of ether oxygens (including phenoxy) is 1. The van der Waals surface area contributed by atoms with Gasteiger partial charge in [-0.3, -0.25) is 9.69 Å². The molecule has 0 aliphatic carbocycles. The van der Waals surface area contributed by atoms with Gasteiger partial charge in [-0.15, -0.1) is 0 Å². The number of imide groups is 1. The Bertz CT molecular complexity index is 713. The maximum Gasteiger partial charge on any atom is 0.327 e. The fraction of sp³-hybridized carbons (Fsp3) is 0.600. The van der Waals surface area contributed by atoms with Crippen LogP contribution in [0.4, 0.5) is 4.79 Å². The first-order chi connectivity index (χ1) is 12.8. The molecule has 2 saturated heterocycles. The van der Waals surface area contributed by atoms with Crippen molar-refractivity contribution in [2.75, 3.05) is 19.7 Å². The molecule has 148 valence electrons. The highest BCUT2D eigenvalue weighted by Gasteiger charge is 2.46. The summed E-state index contributed by atoms with van der Waals surface area (Å²) in [6.07, 6.45) is 1.63. The third-order valence-corrected chi connectivity index (χ3v) is 5.68. The summed E-state index contributed by atoms with van der Waals surface area (Å²) >= 11 is 6.21. The second-order valence-electron chi connectivity index (χ2n) is 7.70. The first-order valence-corrected chi connectivity index (χ1v) is 9.90. The van der Waals surface area contributed by atoms with Crippen molar-refractivity contribution in [2.45, 2.75) is 58.1 Å². The average Bonchev–Trinajstić information content (AvgIpc) is 2.87. The van der Waals surface area contributed by atoms with Gasteiger partial charge in [-0.1, -0.05) is 25.4 Å². The summed E-state index contributed by atoms with van der Waals surface area (Å²) in [4.78, 5) is 27.7. The second-order valence-corrected chi connectivity index (χ2v) is 8.10. The number of aryl methyl sites for hydroxylation is 1. The summed E-state index contributed by atoms with van der Waals surface area (Å²) in [5.41, 5.74) is 1.86. The SMILES string of the molecule is Cc1cc(OCC(O)CN2C(=O)C3CCCCN3C2=O)c(C(C)C)cc1Cl. The lowest BCUT2D eigenvalue weighted by Crippen LogP contribution is -2.40. The van der Waals surface area contributed by atoms with Crippen LogP contribution in [0, 0.1) is 6.92 Å².